The molecule has 4 rings (SSSR count). The van der Waals surface area contributed by atoms with Crippen LogP contribution in [-0.4, -0.2) is 53.6 Å². The summed E-state index contributed by atoms with van der Waals surface area (Å²) < 4.78 is 32.6. The van der Waals surface area contributed by atoms with Gasteiger partial charge in [-0.15, -0.1) is 10.2 Å². The molecule has 0 aliphatic carbocycles. The van der Waals surface area contributed by atoms with Crippen LogP contribution in [0.3, 0.4) is 0 Å². The highest BCUT2D eigenvalue weighted by molar-refractivity contribution is 6.32. The number of aryl methyl sites for hydroxylation is 1. The van der Waals surface area contributed by atoms with Crippen molar-refractivity contribution in [3.8, 4) is 34.8 Å². The Kier molecular flexibility index (Phi) is 9.04. The van der Waals surface area contributed by atoms with E-state index in [1.807, 2.05) is 38.1 Å². The van der Waals surface area contributed by atoms with E-state index in [0.29, 0.717) is 17.9 Å². The highest BCUT2D eigenvalue weighted by atomic mass is 35.5. The Balaban J connectivity index is 1.49. The van der Waals surface area contributed by atoms with Crippen molar-refractivity contribution in [3.63, 3.8) is 0 Å². The van der Waals surface area contributed by atoms with Crippen LogP contribution in [0.25, 0.3) is 11.5 Å². The lowest BCUT2D eigenvalue weighted by atomic mass is 10.1. The van der Waals surface area contributed by atoms with Gasteiger partial charge in [0.1, 0.15) is 24.2 Å². The number of hydrogen-bond acceptors (Lipinski definition) is 8. The van der Waals surface area contributed by atoms with E-state index in [1.165, 1.54) is 30.3 Å². The molecule has 1 aromatic heterocycles. The quantitative estimate of drug-likeness (QED) is 0.246. The molecule has 0 aliphatic rings. The lowest BCUT2D eigenvalue weighted by molar-refractivity contribution is 0.0831. The number of hydrogen-bond donors (Lipinski definition) is 1. The molecule has 39 heavy (non-hydrogen) atoms. The molecular formula is C28H25Cl2FN4O4. The fourth-order valence-corrected chi connectivity index (χ4v) is 4.25. The fraction of sp³-hybridized carbons (Fsp3) is 0.250. The van der Waals surface area contributed by atoms with E-state index < -0.39 is 11.9 Å². The summed E-state index contributed by atoms with van der Waals surface area (Å²) in [5, 5.41) is 27.7. The first kappa shape index (κ1) is 28.3. The summed E-state index contributed by atoms with van der Waals surface area (Å²) in [6.45, 7) is 2.53. The maximum Gasteiger partial charge on any atom is 0.248 e. The monoisotopic (exact) mass is 570 g/mol. The van der Waals surface area contributed by atoms with Crippen molar-refractivity contribution < 1.29 is 23.4 Å². The lowest BCUT2D eigenvalue weighted by Gasteiger charge is -2.16. The number of benzene rings is 3. The molecule has 0 unspecified atom stereocenters. The van der Waals surface area contributed by atoms with E-state index in [1.54, 1.807) is 12.1 Å². The normalized spacial score (nSPS) is 11.9. The van der Waals surface area contributed by atoms with Gasteiger partial charge in [0.25, 0.3) is 0 Å². The smallest absolute Gasteiger partial charge is 0.248 e. The van der Waals surface area contributed by atoms with Gasteiger partial charge in [0.2, 0.25) is 11.8 Å². The number of nitriles is 1. The van der Waals surface area contributed by atoms with Crippen LogP contribution in [0.2, 0.25) is 10.0 Å². The van der Waals surface area contributed by atoms with Gasteiger partial charge in [0.05, 0.1) is 23.1 Å². The van der Waals surface area contributed by atoms with E-state index >= 15 is 4.39 Å². The van der Waals surface area contributed by atoms with Crippen LogP contribution < -0.4 is 9.47 Å². The fourth-order valence-electron chi connectivity index (χ4n) is 3.84. The van der Waals surface area contributed by atoms with Crippen molar-refractivity contribution in [2.45, 2.75) is 19.4 Å². The molecule has 0 aliphatic heterocycles. The van der Waals surface area contributed by atoms with Crippen LogP contribution in [0.1, 0.15) is 22.6 Å². The molecule has 0 radical (unpaired) electrons. The van der Waals surface area contributed by atoms with Crippen LogP contribution in [0.5, 0.6) is 17.2 Å². The van der Waals surface area contributed by atoms with Crippen LogP contribution in [-0.2, 0) is 6.42 Å². The maximum absolute atomic E-state index is 15.4. The first-order valence-corrected chi connectivity index (χ1v) is 12.6. The number of ether oxygens (including phenoxy) is 2. The molecule has 4 aromatic rings. The summed E-state index contributed by atoms with van der Waals surface area (Å²) in [6, 6.07) is 14.7. The molecule has 1 heterocycles. The molecule has 0 bridgehead atoms. The Morgan fingerprint density at radius 2 is 1.90 bits per heavy atom. The van der Waals surface area contributed by atoms with Crippen LogP contribution in [0.15, 0.2) is 52.9 Å². The van der Waals surface area contributed by atoms with Gasteiger partial charge in [-0.1, -0.05) is 29.3 Å². The van der Waals surface area contributed by atoms with Crippen LogP contribution in [0.4, 0.5) is 4.39 Å². The Hall–Kier alpha value is -3.68. The Labute approximate surface area is 235 Å². The van der Waals surface area contributed by atoms with Gasteiger partial charge >= 0.3 is 0 Å². The number of aromatic nitrogens is 2. The average molecular weight is 571 g/mol. The molecule has 0 saturated heterocycles. The summed E-state index contributed by atoms with van der Waals surface area (Å²) in [6.07, 6.45) is -0.617. The molecule has 1 atom stereocenters. The number of aliphatic hydroxyl groups is 1. The second-order valence-electron chi connectivity index (χ2n) is 9.12. The molecular weight excluding hydrogens is 546 g/mol. The van der Waals surface area contributed by atoms with Crippen molar-refractivity contribution in [2.24, 2.45) is 0 Å². The summed E-state index contributed by atoms with van der Waals surface area (Å²) in [7, 11) is 3.75. The summed E-state index contributed by atoms with van der Waals surface area (Å²) in [5.74, 6) is 0.337. The first-order valence-electron chi connectivity index (χ1n) is 11.9. The molecule has 0 spiro atoms. The van der Waals surface area contributed by atoms with Gasteiger partial charge in [-0.25, -0.2) is 4.39 Å². The van der Waals surface area contributed by atoms with Crippen molar-refractivity contribution in [1.82, 2.24) is 15.1 Å². The van der Waals surface area contributed by atoms with Crippen molar-refractivity contribution in [2.75, 3.05) is 27.2 Å². The minimum Gasteiger partial charge on any atom is -0.491 e. The van der Waals surface area contributed by atoms with Gasteiger partial charge in [0.15, 0.2) is 11.6 Å². The van der Waals surface area contributed by atoms with E-state index in [2.05, 4.69) is 10.2 Å². The Morgan fingerprint density at radius 1 is 1.10 bits per heavy atom. The van der Waals surface area contributed by atoms with Crippen LogP contribution >= 0.6 is 23.2 Å². The van der Waals surface area contributed by atoms with Gasteiger partial charge in [-0.3, -0.25) is 0 Å². The second-order valence-corrected chi connectivity index (χ2v) is 9.96. The second kappa shape index (κ2) is 12.5. The zero-order chi connectivity index (χ0) is 28.1. The number of rotatable bonds is 10. The largest absolute Gasteiger partial charge is 0.491 e. The van der Waals surface area contributed by atoms with Gasteiger partial charge in [0, 0.05) is 22.7 Å². The van der Waals surface area contributed by atoms with E-state index in [0.717, 1.165) is 5.56 Å². The van der Waals surface area contributed by atoms with Crippen molar-refractivity contribution >= 4 is 23.2 Å². The summed E-state index contributed by atoms with van der Waals surface area (Å²) >= 11 is 12.2. The number of halogens is 3. The number of nitrogens with zero attached hydrogens (tertiary/aromatic N) is 4. The Bertz CT molecular complexity index is 1520. The molecule has 202 valence electrons. The molecule has 1 N–H and O–H groups in total. The Morgan fingerprint density at radius 3 is 2.62 bits per heavy atom. The highest BCUT2D eigenvalue weighted by Gasteiger charge is 2.19. The van der Waals surface area contributed by atoms with Gasteiger partial charge < -0.3 is 23.9 Å². The van der Waals surface area contributed by atoms with E-state index in [9.17, 15) is 5.11 Å². The molecule has 3 aromatic carbocycles. The molecule has 0 amide bonds. The first-order chi connectivity index (χ1) is 18.6. The minimum atomic E-state index is -0.699. The summed E-state index contributed by atoms with van der Waals surface area (Å²) in [4.78, 5) is 1.88. The molecule has 0 saturated carbocycles. The third kappa shape index (κ3) is 7.25. The summed E-state index contributed by atoms with van der Waals surface area (Å²) in [5.41, 5.74) is 2.02. The minimum absolute atomic E-state index is 0.00460. The van der Waals surface area contributed by atoms with Crippen molar-refractivity contribution in [1.29, 1.82) is 5.26 Å². The van der Waals surface area contributed by atoms with E-state index in [4.69, 9.17) is 42.4 Å². The van der Waals surface area contributed by atoms with Crippen LogP contribution in [0, 0.1) is 24.1 Å². The SMILES string of the molecule is Cc1cc(OC[C@@H](O)CN(C)C)ccc1-c1nnc(Cc2ccc(Cl)c(Oc3cc(Cl)cc(C#N)c3)c2F)o1. The third-order valence-corrected chi connectivity index (χ3v) is 6.12. The maximum atomic E-state index is 15.4. The van der Waals surface area contributed by atoms with Gasteiger partial charge in [-0.05, 0) is 69.0 Å². The number of likely N-dealkylation sites (N-methyl/N-ethyl adjacent to an activating group) is 1. The van der Waals surface area contributed by atoms with Crippen molar-refractivity contribution in [3.05, 3.63) is 87.0 Å². The number of aliphatic hydroxyl groups excluding tert-OH is 1. The molecule has 0 fully saturated rings. The van der Waals surface area contributed by atoms with E-state index in [-0.39, 0.29) is 57.5 Å². The third-order valence-electron chi connectivity index (χ3n) is 5.60. The van der Waals surface area contributed by atoms with Gasteiger partial charge in [-0.2, -0.15) is 5.26 Å². The topological polar surface area (TPSA) is 105 Å². The highest BCUT2D eigenvalue weighted by Crippen LogP contribution is 2.36. The lowest BCUT2D eigenvalue weighted by Crippen LogP contribution is -2.30. The average Bonchev–Trinajstić information content (AvgIpc) is 3.34. The predicted octanol–water partition coefficient (Wildman–Crippen LogP) is 6.05. The predicted molar refractivity (Wildman–Crippen MR) is 145 cm³/mol. The standard InChI is InChI=1S/C28H25Cl2FN4O4/c1-16-8-21(37-15-20(36)14-35(2)3)5-6-23(16)28-34-33-25(39-28)11-18-4-7-24(30)27(26(18)31)38-22-10-17(13-32)9-19(29)12-22/h4-10,12,20,36H,11,14-15H2,1-3H3/t20-/m0/s1. The zero-order valence-electron chi connectivity index (χ0n) is 21.4. The zero-order valence-corrected chi connectivity index (χ0v) is 22.9. The molecule has 11 heteroatoms. The molecule has 8 nitrogen and oxygen atoms in total.